The third-order valence-electron chi connectivity index (χ3n) is 4.16. The van der Waals surface area contributed by atoms with Crippen LogP contribution in [0.15, 0.2) is 0 Å². The molecule has 98 valence electrons. The van der Waals surface area contributed by atoms with Crippen molar-refractivity contribution in [3.05, 3.63) is 0 Å². The number of likely N-dealkylation sites (tertiary alicyclic amines) is 1. The number of amides is 1. The summed E-state index contributed by atoms with van der Waals surface area (Å²) in [5.41, 5.74) is 5.81. The van der Waals surface area contributed by atoms with Gasteiger partial charge in [-0.15, -0.1) is 0 Å². The molecule has 2 aliphatic rings. The third kappa shape index (κ3) is 2.99. The summed E-state index contributed by atoms with van der Waals surface area (Å²) in [6.45, 7) is 5.25. The highest BCUT2D eigenvalue weighted by Crippen LogP contribution is 2.25. The van der Waals surface area contributed by atoms with Crippen molar-refractivity contribution in [2.75, 3.05) is 26.3 Å². The number of nitrogens with zero attached hydrogens (tertiary/aromatic N) is 1. The van der Waals surface area contributed by atoms with Gasteiger partial charge in [0.25, 0.3) is 0 Å². The zero-order valence-corrected chi connectivity index (χ0v) is 10.7. The Morgan fingerprint density at radius 1 is 1.47 bits per heavy atom. The first-order valence-corrected chi connectivity index (χ1v) is 6.79. The predicted molar refractivity (Wildman–Crippen MR) is 66.5 cm³/mol. The van der Waals surface area contributed by atoms with Crippen LogP contribution < -0.4 is 5.73 Å². The molecule has 17 heavy (non-hydrogen) atoms. The Bertz CT molecular complexity index is 264. The van der Waals surface area contributed by atoms with E-state index in [4.69, 9.17) is 10.5 Å². The van der Waals surface area contributed by atoms with Gasteiger partial charge in [0.05, 0.1) is 0 Å². The van der Waals surface area contributed by atoms with Crippen molar-refractivity contribution >= 4 is 5.91 Å². The Morgan fingerprint density at radius 3 is 2.94 bits per heavy atom. The average Bonchev–Trinajstić information content (AvgIpc) is 2.81. The van der Waals surface area contributed by atoms with Gasteiger partial charge in [0.2, 0.25) is 5.91 Å². The van der Waals surface area contributed by atoms with Crippen molar-refractivity contribution in [3.8, 4) is 0 Å². The Labute approximate surface area is 103 Å². The van der Waals surface area contributed by atoms with Crippen LogP contribution in [-0.2, 0) is 9.53 Å². The number of hydrogen-bond donors (Lipinski definition) is 1. The lowest BCUT2D eigenvalue weighted by Gasteiger charge is -2.40. The first-order chi connectivity index (χ1) is 8.22. The molecule has 4 heteroatoms. The number of piperidine rings is 1. The van der Waals surface area contributed by atoms with Gasteiger partial charge < -0.3 is 15.4 Å². The maximum absolute atomic E-state index is 12.3. The van der Waals surface area contributed by atoms with E-state index in [1.54, 1.807) is 0 Å². The smallest absolute Gasteiger partial charge is 0.223 e. The van der Waals surface area contributed by atoms with Crippen LogP contribution in [0.5, 0.6) is 0 Å². The van der Waals surface area contributed by atoms with Crippen LogP contribution >= 0.6 is 0 Å². The molecular formula is C13H24N2O2. The van der Waals surface area contributed by atoms with Crippen LogP contribution in [0.3, 0.4) is 0 Å². The van der Waals surface area contributed by atoms with Gasteiger partial charge in [0, 0.05) is 38.8 Å². The highest BCUT2D eigenvalue weighted by Gasteiger charge is 2.32. The van der Waals surface area contributed by atoms with Crippen LogP contribution in [0.4, 0.5) is 0 Å². The molecule has 0 aromatic rings. The number of ether oxygens (including phenoxy) is 1. The minimum Gasteiger partial charge on any atom is -0.381 e. The van der Waals surface area contributed by atoms with Crippen molar-refractivity contribution in [1.82, 2.24) is 4.90 Å². The molecular weight excluding hydrogens is 216 g/mol. The van der Waals surface area contributed by atoms with Gasteiger partial charge in [-0.2, -0.15) is 0 Å². The van der Waals surface area contributed by atoms with Crippen molar-refractivity contribution in [2.24, 2.45) is 17.6 Å². The van der Waals surface area contributed by atoms with Gasteiger partial charge >= 0.3 is 0 Å². The zero-order valence-electron chi connectivity index (χ0n) is 10.7. The number of rotatable bonds is 3. The Morgan fingerprint density at radius 2 is 2.29 bits per heavy atom. The summed E-state index contributed by atoms with van der Waals surface area (Å²) < 4.78 is 5.32. The third-order valence-corrected chi connectivity index (χ3v) is 4.16. The predicted octanol–water partition coefficient (Wildman–Crippen LogP) is 0.999. The summed E-state index contributed by atoms with van der Waals surface area (Å²) in [5.74, 6) is 1.25. The Kier molecular flexibility index (Phi) is 4.40. The summed E-state index contributed by atoms with van der Waals surface area (Å²) in [6, 6.07) is 0.249. The van der Waals surface area contributed by atoms with Crippen LogP contribution in [0.25, 0.3) is 0 Å². The summed E-state index contributed by atoms with van der Waals surface area (Å²) in [6.07, 6.45) is 3.98. The van der Waals surface area contributed by atoms with Gasteiger partial charge in [0.1, 0.15) is 0 Å². The maximum Gasteiger partial charge on any atom is 0.223 e. The largest absolute Gasteiger partial charge is 0.381 e. The molecule has 2 rings (SSSR count). The van der Waals surface area contributed by atoms with E-state index in [1.165, 1.54) is 6.42 Å². The molecule has 4 nitrogen and oxygen atoms in total. The van der Waals surface area contributed by atoms with Gasteiger partial charge in [0.15, 0.2) is 0 Å². The molecule has 0 saturated carbocycles. The number of nitrogens with two attached hydrogens (primary N) is 1. The minimum absolute atomic E-state index is 0.249. The van der Waals surface area contributed by atoms with E-state index in [2.05, 4.69) is 6.92 Å². The second-order valence-corrected chi connectivity index (χ2v) is 5.44. The van der Waals surface area contributed by atoms with Crippen molar-refractivity contribution in [2.45, 2.75) is 38.6 Å². The highest BCUT2D eigenvalue weighted by atomic mass is 16.5. The molecule has 0 aromatic carbocycles. The normalized spacial score (nSPS) is 34.0. The van der Waals surface area contributed by atoms with E-state index in [1.807, 2.05) is 4.90 Å². The van der Waals surface area contributed by atoms with Crippen molar-refractivity contribution in [3.63, 3.8) is 0 Å². The fourth-order valence-corrected chi connectivity index (χ4v) is 3.03. The summed E-state index contributed by atoms with van der Waals surface area (Å²) in [4.78, 5) is 14.3. The Balaban J connectivity index is 1.91. The molecule has 1 amide bonds. The molecule has 2 aliphatic heterocycles. The molecule has 2 saturated heterocycles. The molecule has 3 atom stereocenters. The first-order valence-electron chi connectivity index (χ1n) is 6.79. The van der Waals surface area contributed by atoms with E-state index in [0.717, 1.165) is 32.6 Å². The summed E-state index contributed by atoms with van der Waals surface area (Å²) in [7, 11) is 0. The standard InChI is InChI=1S/C13H24N2O2/c1-10-3-2-5-15(12(10)8-14)13(16)7-11-4-6-17-9-11/h10-12H,2-9,14H2,1H3/t10-,11-,12-/m1/s1. The average molecular weight is 240 g/mol. The second kappa shape index (κ2) is 5.83. The molecule has 0 unspecified atom stereocenters. The van der Waals surface area contributed by atoms with E-state index in [0.29, 0.717) is 24.8 Å². The van der Waals surface area contributed by atoms with Gasteiger partial charge in [-0.25, -0.2) is 0 Å². The van der Waals surface area contributed by atoms with Crippen LogP contribution in [0.2, 0.25) is 0 Å². The topological polar surface area (TPSA) is 55.6 Å². The molecule has 2 fully saturated rings. The lowest BCUT2D eigenvalue weighted by Crippen LogP contribution is -2.51. The molecule has 2 N–H and O–H groups in total. The lowest BCUT2D eigenvalue weighted by atomic mass is 9.90. The monoisotopic (exact) mass is 240 g/mol. The SMILES string of the molecule is C[C@@H]1CCCN(C(=O)C[C@H]2CCOC2)[C@@H]1CN. The molecule has 0 spiro atoms. The van der Waals surface area contributed by atoms with Crippen LogP contribution in [0, 0.1) is 11.8 Å². The summed E-state index contributed by atoms with van der Waals surface area (Å²) >= 11 is 0. The molecule has 2 heterocycles. The fraction of sp³-hybridized carbons (Fsp3) is 0.923. The second-order valence-electron chi connectivity index (χ2n) is 5.44. The van der Waals surface area contributed by atoms with E-state index in [9.17, 15) is 4.79 Å². The fourth-order valence-electron chi connectivity index (χ4n) is 3.03. The van der Waals surface area contributed by atoms with Crippen molar-refractivity contribution < 1.29 is 9.53 Å². The van der Waals surface area contributed by atoms with E-state index in [-0.39, 0.29) is 11.9 Å². The van der Waals surface area contributed by atoms with E-state index >= 15 is 0 Å². The maximum atomic E-state index is 12.3. The lowest BCUT2D eigenvalue weighted by molar-refractivity contribution is -0.137. The van der Waals surface area contributed by atoms with Gasteiger partial charge in [-0.3, -0.25) is 4.79 Å². The van der Waals surface area contributed by atoms with Gasteiger partial charge in [-0.1, -0.05) is 6.92 Å². The molecule has 0 aromatic heterocycles. The number of carbonyl (C=O) groups is 1. The molecule has 0 radical (unpaired) electrons. The molecule has 0 aliphatic carbocycles. The summed E-state index contributed by atoms with van der Waals surface area (Å²) in [5, 5.41) is 0. The first kappa shape index (κ1) is 12.8. The number of hydrogen-bond acceptors (Lipinski definition) is 3. The highest BCUT2D eigenvalue weighted by molar-refractivity contribution is 5.77. The number of carbonyl (C=O) groups excluding carboxylic acids is 1. The zero-order chi connectivity index (χ0) is 12.3. The van der Waals surface area contributed by atoms with Gasteiger partial charge in [-0.05, 0) is 31.1 Å². The van der Waals surface area contributed by atoms with Crippen LogP contribution in [0.1, 0.15) is 32.6 Å². The molecule has 0 bridgehead atoms. The Hall–Kier alpha value is -0.610. The minimum atomic E-state index is 0.249. The van der Waals surface area contributed by atoms with Crippen LogP contribution in [-0.4, -0.2) is 43.2 Å². The van der Waals surface area contributed by atoms with E-state index < -0.39 is 0 Å². The quantitative estimate of drug-likeness (QED) is 0.800. The van der Waals surface area contributed by atoms with Crippen molar-refractivity contribution in [1.29, 1.82) is 0 Å².